The van der Waals surface area contributed by atoms with E-state index in [-0.39, 0.29) is 11.9 Å². The number of thioether (sulfide) groups is 1. The van der Waals surface area contributed by atoms with Crippen molar-refractivity contribution < 1.29 is 4.79 Å². The molecule has 0 radical (unpaired) electrons. The third-order valence-electron chi connectivity index (χ3n) is 2.81. The summed E-state index contributed by atoms with van der Waals surface area (Å²) in [6, 6.07) is 5.75. The van der Waals surface area contributed by atoms with Gasteiger partial charge in [-0.25, -0.2) is 0 Å². The van der Waals surface area contributed by atoms with E-state index >= 15 is 0 Å². The zero-order valence-electron chi connectivity index (χ0n) is 9.63. The van der Waals surface area contributed by atoms with Gasteiger partial charge in [-0.05, 0) is 37.4 Å². The van der Waals surface area contributed by atoms with Crippen LogP contribution in [0.25, 0.3) is 0 Å². The maximum absolute atomic E-state index is 12.1. The number of rotatable bonds is 3. The number of carbonyl (C=O) groups is 1. The standard InChI is InChI=1S/C12H15ClN2OS/c1-17-9-2-3-11(13)10(6-9)12(16)15-8-4-5-14-7-8/h2-3,6,8,14H,4-5,7H2,1H3,(H,15,16)/t8-/m0/s1. The van der Waals surface area contributed by atoms with Gasteiger partial charge in [0, 0.05) is 17.5 Å². The van der Waals surface area contributed by atoms with Gasteiger partial charge < -0.3 is 10.6 Å². The van der Waals surface area contributed by atoms with Gasteiger partial charge in [-0.3, -0.25) is 4.79 Å². The molecular formula is C12H15ClN2OS. The van der Waals surface area contributed by atoms with Gasteiger partial charge in [-0.15, -0.1) is 11.8 Å². The van der Waals surface area contributed by atoms with E-state index in [1.54, 1.807) is 17.8 Å². The lowest BCUT2D eigenvalue weighted by Crippen LogP contribution is -2.36. The Bertz CT molecular complexity index is 419. The Hall–Kier alpha value is -0.710. The Labute approximate surface area is 110 Å². The van der Waals surface area contributed by atoms with Gasteiger partial charge in [0.2, 0.25) is 0 Å². The Morgan fingerprint density at radius 3 is 3.06 bits per heavy atom. The molecule has 5 heteroatoms. The second-order valence-corrected chi connectivity index (χ2v) is 5.30. The van der Waals surface area contributed by atoms with Crippen LogP contribution in [0.1, 0.15) is 16.8 Å². The number of halogens is 1. The number of nitrogens with one attached hydrogen (secondary N) is 2. The second kappa shape index (κ2) is 5.76. The third-order valence-corrected chi connectivity index (χ3v) is 3.87. The average molecular weight is 271 g/mol. The van der Waals surface area contributed by atoms with Crippen LogP contribution in [0.15, 0.2) is 23.1 Å². The number of hydrogen-bond donors (Lipinski definition) is 2. The van der Waals surface area contributed by atoms with Crippen LogP contribution in [0.2, 0.25) is 5.02 Å². The molecule has 0 aliphatic carbocycles. The van der Waals surface area contributed by atoms with Crippen molar-refractivity contribution in [1.29, 1.82) is 0 Å². The van der Waals surface area contributed by atoms with Crippen LogP contribution in [0.4, 0.5) is 0 Å². The van der Waals surface area contributed by atoms with Crippen molar-refractivity contribution in [2.24, 2.45) is 0 Å². The van der Waals surface area contributed by atoms with Crippen molar-refractivity contribution in [3.63, 3.8) is 0 Å². The Balaban J connectivity index is 2.11. The molecule has 92 valence electrons. The summed E-state index contributed by atoms with van der Waals surface area (Å²) in [5.41, 5.74) is 0.561. The van der Waals surface area contributed by atoms with E-state index in [1.165, 1.54) is 0 Å². The van der Waals surface area contributed by atoms with Gasteiger partial charge >= 0.3 is 0 Å². The summed E-state index contributed by atoms with van der Waals surface area (Å²) >= 11 is 7.65. The van der Waals surface area contributed by atoms with E-state index in [0.29, 0.717) is 10.6 Å². The normalized spacial score (nSPS) is 19.3. The molecule has 1 saturated heterocycles. The number of carbonyl (C=O) groups excluding carboxylic acids is 1. The van der Waals surface area contributed by atoms with Crippen molar-refractivity contribution in [1.82, 2.24) is 10.6 Å². The van der Waals surface area contributed by atoms with Crippen molar-refractivity contribution in [3.05, 3.63) is 28.8 Å². The minimum absolute atomic E-state index is 0.0837. The first-order chi connectivity index (χ1) is 8.20. The van der Waals surface area contributed by atoms with Crippen LogP contribution < -0.4 is 10.6 Å². The molecular weight excluding hydrogens is 256 g/mol. The van der Waals surface area contributed by atoms with Gasteiger partial charge in [0.05, 0.1) is 10.6 Å². The zero-order valence-corrected chi connectivity index (χ0v) is 11.2. The summed E-state index contributed by atoms with van der Waals surface area (Å²) < 4.78 is 0. The number of benzene rings is 1. The lowest BCUT2D eigenvalue weighted by atomic mass is 10.2. The summed E-state index contributed by atoms with van der Waals surface area (Å²) in [4.78, 5) is 13.1. The smallest absolute Gasteiger partial charge is 0.253 e. The number of hydrogen-bond acceptors (Lipinski definition) is 3. The van der Waals surface area contributed by atoms with Gasteiger partial charge in [0.25, 0.3) is 5.91 Å². The molecule has 2 N–H and O–H groups in total. The maximum Gasteiger partial charge on any atom is 0.253 e. The summed E-state index contributed by atoms with van der Waals surface area (Å²) in [7, 11) is 0. The largest absolute Gasteiger partial charge is 0.348 e. The van der Waals surface area contributed by atoms with E-state index in [1.807, 2.05) is 18.4 Å². The molecule has 2 rings (SSSR count). The van der Waals surface area contributed by atoms with E-state index in [2.05, 4.69) is 10.6 Å². The van der Waals surface area contributed by atoms with Crippen LogP contribution in [-0.2, 0) is 0 Å². The Morgan fingerprint density at radius 2 is 2.41 bits per heavy atom. The van der Waals surface area contributed by atoms with Gasteiger partial charge in [0.1, 0.15) is 0 Å². The molecule has 1 aliphatic heterocycles. The lowest BCUT2D eigenvalue weighted by Gasteiger charge is -2.12. The molecule has 1 aromatic carbocycles. The fourth-order valence-corrected chi connectivity index (χ4v) is 2.49. The van der Waals surface area contributed by atoms with Crippen molar-refractivity contribution in [3.8, 4) is 0 Å². The molecule has 1 aliphatic rings. The molecule has 0 spiro atoms. The SMILES string of the molecule is CSc1ccc(Cl)c(C(=O)N[C@H]2CCNC2)c1. The molecule has 0 aromatic heterocycles. The van der Waals surface area contributed by atoms with Gasteiger partial charge in [-0.1, -0.05) is 11.6 Å². The molecule has 1 fully saturated rings. The minimum Gasteiger partial charge on any atom is -0.348 e. The third kappa shape index (κ3) is 3.15. The zero-order chi connectivity index (χ0) is 12.3. The first-order valence-electron chi connectivity index (χ1n) is 5.56. The molecule has 3 nitrogen and oxygen atoms in total. The van der Waals surface area contributed by atoms with E-state index in [4.69, 9.17) is 11.6 Å². The maximum atomic E-state index is 12.1. The molecule has 17 heavy (non-hydrogen) atoms. The molecule has 0 bridgehead atoms. The monoisotopic (exact) mass is 270 g/mol. The van der Waals surface area contributed by atoms with Crippen LogP contribution in [0.3, 0.4) is 0 Å². The average Bonchev–Trinajstić information content (AvgIpc) is 2.82. The highest BCUT2D eigenvalue weighted by Gasteiger charge is 2.19. The highest BCUT2D eigenvalue weighted by Crippen LogP contribution is 2.23. The van der Waals surface area contributed by atoms with Crippen molar-refractivity contribution >= 4 is 29.3 Å². The highest BCUT2D eigenvalue weighted by molar-refractivity contribution is 7.98. The summed E-state index contributed by atoms with van der Waals surface area (Å²) in [6.07, 6.45) is 2.96. The fraction of sp³-hybridized carbons (Fsp3) is 0.417. The van der Waals surface area contributed by atoms with Crippen molar-refractivity contribution in [2.45, 2.75) is 17.4 Å². The summed E-state index contributed by atoms with van der Waals surface area (Å²) in [5, 5.41) is 6.71. The predicted molar refractivity (Wildman–Crippen MR) is 72.0 cm³/mol. The molecule has 1 atom stereocenters. The molecule has 1 heterocycles. The topological polar surface area (TPSA) is 41.1 Å². The molecule has 1 aromatic rings. The van der Waals surface area contributed by atoms with Crippen LogP contribution in [-0.4, -0.2) is 31.3 Å². The first kappa shape index (κ1) is 12.7. The lowest BCUT2D eigenvalue weighted by molar-refractivity contribution is 0.0940. The van der Waals surface area contributed by atoms with E-state index < -0.39 is 0 Å². The fourth-order valence-electron chi connectivity index (χ4n) is 1.85. The highest BCUT2D eigenvalue weighted by atomic mass is 35.5. The van der Waals surface area contributed by atoms with E-state index in [0.717, 1.165) is 24.4 Å². The Kier molecular flexibility index (Phi) is 4.31. The van der Waals surface area contributed by atoms with Crippen molar-refractivity contribution in [2.75, 3.05) is 19.3 Å². The summed E-state index contributed by atoms with van der Waals surface area (Å²) in [5.74, 6) is -0.0837. The molecule has 1 amide bonds. The van der Waals surface area contributed by atoms with Crippen LogP contribution >= 0.6 is 23.4 Å². The second-order valence-electron chi connectivity index (χ2n) is 4.01. The van der Waals surface area contributed by atoms with E-state index in [9.17, 15) is 4.79 Å². The number of amides is 1. The summed E-state index contributed by atoms with van der Waals surface area (Å²) in [6.45, 7) is 1.80. The van der Waals surface area contributed by atoms with Crippen LogP contribution in [0, 0.1) is 0 Å². The van der Waals surface area contributed by atoms with Gasteiger partial charge in [0.15, 0.2) is 0 Å². The molecule has 0 saturated carbocycles. The van der Waals surface area contributed by atoms with Crippen LogP contribution in [0.5, 0.6) is 0 Å². The quantitative estimate of drug-likeness (QED) is 0.827. The van der Waals surface area contributed by atoms with Gasteiger partial charge in [-0.2, -0.15) is 0 Å². The minimum atomic E-state index is -0.0837. The molecule has 0 unspecified atom stereocenters. The predicted octanol–water partition coefficient (Wildman–Crippen LogP) is 2.15. The first-order valence-corrected chi connectivity index (χ1v) is 7.16. The Morgan fingerprint density at radius 1 is 1.59 bits per heavy atom.